The van der Waals surface area contributed by atoms with Gasteiger partial charge < -0.3 is 9.30 Å². The van der Waals surface area contributed by atoms with E-state index in [1.807, 2.05) is 60.1 Å². The fourth-order valence-corrected chi connectivity index (χ4v) is 3.54. The number of benzene rings is 2. The standard InChI is InChI=1S/C17H13N3O2S/c1-20-14(11-7-3-2-4-8-11)18-19-17(20)23-16-13-10-6-5-9-12(13)15(21)22-16/h2-10,16H,1H3. The highest BCUT2D eigenvalue weighted by atomic mass is 32.2. The summed E-state index contributed by atoms with van der Waals surface area (Å²) in [6.45, 7) is 0. The molecule has 4 rings (SSSR count). The lowest BCUT2D eigenvalue weighted by atomic mass is 10.1. The van der Waals surface area contributed by atoms with Gasteiger partial charge in [-0.15, -0.1) is 10.2 Å². The monoisotopic (exact) mass is 323 g/mol. The summed E-state index contributed by atoms with van der Waals surface area (Å²) in [5.74, 6) is 0.495. The average molecular weight is 323 g/mol. The van der Waals surface area contributed by atoms with Crippen molar-refractivity contribution in [3.05, 3.63) is 65.7 Å². The maximum Gasteiger partial charge on any atom is 0.340 e. The number of carbonyl (C=O) groups is 1. The molecule has 2 heterocycles. The van der Waals surface area contributed by atoms with Crippen LogP contribution >= 0.6 is 11.8 Å². The number of thioether (sulfide) groups is 1. The summed E-state index contributed by atoms with van der Waals surface area (Å²) >= 11 is 1.39. The van der Waals surface area contributed by atoms with E-state index in [2.05, 4.69) is 10.2 Å². The van der Waals surface area contributed by atoms with Crippen LogP contribution in [0.1, 0.15) is 21.4 Å². The number of aromatic nitrogens is 3. The van der Waals surface area contributed by atoms with Gasteiger partial charge in [-0.2, -0.15) is 0 Å². The fourth-order valence-electron chi connectivity index (χ4n) is 2.55. The third kappa shape index (κ3) is 2.41. The van der Waals surface area contributed by atoms with Gasteiger partial charge in [-0.1, -0.05) is 48.5 Å². The molecule has 1 atom stereocenters. The molecular formula is C17H13N3O2S. The van der Waals surface area contributed by atoms with Crippen molar-refractivity contribution >= 4 is 17.7 Å². The first kappa shape index (κ1) is 14.0. The van der Waals surface area contributed by atoms with Crippen molar-refractivity contribution in [1.82, 2.24) is 14.8 Å². The Bertz CT molecular complexity index is 877. The van der Waals surface area contributed by atoms with Gasteiger partial charge in [-0.3, -0.25) is 0 Å². The molecule has 1 aliphatic rings. The SMILES string of the molecule is Cn1c(SC2OC(=O)c3ccccc32)nnc1-c1ccccc1. The van der Waals surface area contributed by atoms with E-state index >= 15 is 0 Å². The van der Waals surface area contributed by atoms with Crippen LogP contribution in [-0.4, -0.2) is 20.7 Å². The Morgan fingerprint density at radius 3 is 2.61 bits per heavy atom. The van der Waals surface area contributed by atoms with Gasteiger partial charge in [-0.25, -0.2) is 4.79 Å². The highest BCUT2D eigenvalue weighted by Gasteiger charge is 2.32. The molecule has 0 fully saturated rings. The van der Waals surface area contributed by atoms with Crippen molar-refractivity contribution in [3.8, 4) is 11.4 Å². The van der Waals surface area contributed by atoms with Gasteiger partial charge >= 0.3 is 5.97 Å². The lowest BCUT2D eigenvalue weighted by molar-refractivity contribution is 0.0521. The molecule has 1 aromatic heterocycles. The largest absolute Gasteiger partial charge is 0.442 e. The molecule has 0 amide bonds. The van der Waals surface area contributed by atoms with E-state index < -0.39 is 0 Å². The Hall–Kier alpha value is -2.60. The molecule has 0 spiro atoms. The molecule has 0 saturated heterocycles. The zero-order chi connectivity index (χ0) is 15.8. The molecule has 114 valence electrons. The highest BCUT2D eigenvalue weighted by Crippen LogP contribution is 2.42. The van der Waals surface area contributed by atoms with Crippen molar-refractivity contribution in [1.29, 1.82) is 0 Å². The predicted molar refractivity (Wildman–Crippen MR) is 86.9 cm³/mol. The minimum Gasteiger partial charge on any atom is -0.442 e. The smallest absolute Gasteiger partial charge is 0.340 e. The first-order chi connectivity index (χ1) is 11.2. The second kappa shape index (κ2) is 5.55. The van der Waals surface area contributed by atoms with Crippen LogP contribution in [0.4, 0.5) is 0 Å². The van der Waals surface area contributed by atoms with E-state index in [1.165, 1.54) is 11.8 Å². The van der Waals surface area contributed by atoms with Gasteiger partial charge in [0.1, 0.15) is 0 Å². The average Bonchev–Trinajstić information content (AvgIpc) is 3.10. The summed E-state index contributed by atoms with van der Waals surface area (Å²) in [7, 11) is 1.91. The van der Waals surface area contributed by atoms with Crippen LogP contribution in [0.5, 0.6) is 0 Å². The molecule has 0 bridgehead atoms. The van der Waals surface area contributed by atoms with Gasteiger partial charge in [0.2, 0.25) is 0 Å². The molecule has 0 N–H and O–H groups in total. The molecule has 2 aromatic carbocycles. The summed E-state index contributed by atoms with van der Waals surface area (Å²) in [6, 6.07) is 17.3. The van der Waals surface area contributed by atoms with Crippen LogP contribution in [0.15, 0.2) is 59.8 Å². The molecular weight excluding hydrogens is 310 g/mol. The first-order valence-corrected chi connectivity index (χ1v) is 8.03. The van der Waals surface area contributed by atoms with Gasteiger partial charge in [0, 0.05) is 18.2 Å². The zero-order valence-electron chi connectivity index (χ0n) is 12.3. The van der Waals surface area contributed by atoms with E-state index in [4.69, 9.17) is 4.74 Å². The molecule has 23 heavy (non-hydrogen) atoms. The maximum absolute atomic E-state index is 11.9. The fraction of sp³-hybridized carbons (Fsp3) is 0.118. The van der Waals surface area contributed by atoms with E-state index in [9.17, 15) is 4.79 Å². The number of fused-ring (bicyclic) bond motifs is 1. The van der Waals surface area contributed by atoms with Gasteiger partial charge in [0.25, 0.3) is 0 Å². The molecule has 1 aliphatic heterocycles. The summed E-state index contributed by atoms with van der Waals surface area (Å²) in [4.78, 5) is 11.9. The van der Waals surface area contributed by atoms with Gasteiger partial charge in [0.15, 0.2) is 16.4 Å². The van der Waals surface area contributed by atoms with E-state index in [1.54, 1.807) is 6.07 Å². The third-order valence-corrected chi connectivity index (χ3v) is 4.86. The van der Waals surface area contributed by atoms with Crippen molar-refractivity contribution in [2.24, 2.45) is 7.05 Å². The van der Waals surface area contributed by atoms with Crippen LogP contribution in [0.2, 0.25) is 0 Å². The molecule has 1 unspecified atom stereocenters. The number of hydrogen-bond donors (Lipinski definition) is 0. The van der Waals surface area contributed by atoms with Crippen LogP contribution in [0.25, 0.3) is 11.4 Å². The predicted octanol–water partition coefficient (Wildman–Crippen LogP) is 3.44. The number of nitrogens with zero attached hydrogens (tertiary/aromatic N) is 3. The maximum atomic E-state index is 11.9. The summed E-state index contributed by atoms with van der Waals surface area (Å²) in [5.41, 5.74) is 2.12. The first-order valence-electron chi connectivity index (χ1n) is 7.15. The van der Waals surface area contributed by atoms with E-state index in [-0.39, 0.29) is 11.4 Å². The van der Waals surface area contributed by atoms with Gasteiger partial charge in [0.05, 0.1) is 5.56 Å². The zero-order valence-corrected chi connectivity index (χ0v) is 13.2. The van der Waals surface area contributed by atoms with Crippen molar-refractivity contribution in [2.75, 3.05) is 0 Å². The number of hydrogen-bond acceptors (Lipinski definition) is 5. The number of cyclic esters (lactones) is 1. The molecule has 0 aliphatic carbocycles. The molecule has 6 heteroatoms. The highest BCUT2D eigenvalue weighted by molar-refractivity contribution is 7.99. The third-order valence-electron chi connectivity index (χ3n) is 3.73. The Labute approximate surface area is 137 Å². The molecule has 0 saturated carbocycles. The van der Waals surface area contributed by atoms with E-state index in [0.717, 1.165) is 17.0 Å². The lowest BCUT2D eigenvalue weighted by Crippen LogP contribution is -1.99. The van der Waals surface area contributed by atoms with Crippen LogP contribution < -0.4 is 0 Å². The number of carbonyl (C=O) groups excluding carboxylic acids is 1. The lowest BCUT2D eigenvalue weighted by Gasteiger charge is -2.09. The van der Waals surface area contributed by atoms with Crippen molar-refractivity contribution < 1.29 is 9.53 Å². The van der Waals surface area contributed by atoms with Crippen LogP contribution in [0, 0.1) is 0 Å². The molecule has 3 aromatic rings. The Morgan fingerprint density at radius 2 is 1.78 bits per heavy atom. The van der Waals surface area contributed by atoms with Crippen molar-refractivity contribution in [2.45, 2.75) is 10.6 Å². The molecule has 0 radical (unpaired) electrons. The second-order valence-electron chi connectivity index (χ2n) is 5.17. The Kier molecular flexibility index (Phi) is 3.38. The number of esters is 1. The van der Waals surface area contributed by atoms with Crippen molar-refractivity contribution in [3.63, 3.8) is 0 Å². The minimum atomic E-state index is -0.384. The quantitative estimate of drug-likeness (QED) is 0.691. The normalized spacial score (nSPS) is 16.2. The Balaban J connectivity index is 1.64. The van der Waals surface area contributed by atoms with Crippen LogP contribution in [-0.2, 0) is 11.8 Å². The second-order valence-corrected chi connectivity index (χ2v) is 6.20. The van der Waals surface area contributed by atoms with E-state index in [0.29, 0.717) is 10.7 Å². The Morgan fingerprint density at radius 1 is 1.04 bits per heavy atom. The van der Waals surface area contributed by atoms with Gasteiger partial charge in [-0.05, 0) is 17.8 Å². The van der Waals surface area contributed by atoms with Crippen LogP contribution in [0.3, 0.4) is 0 Å². The minimum absolute atomic E-state index is 0.288. The molecule has 5 nitrogen and oxygen atoms in total. The summed E-state index contributed by atoms with van der Waals surface area (Å²) in [5, 5.41) is 9.20. The topological polar surface area (TPSA) is 57.0 Å². The summed E-state index contributed by atoms with van der Waals surface area (Å²) < 4.78 is 7.36. The summed E-state index contributed by atoms with van der Waals surface area (Å²) in [6.07, 6.45) is 0. The number of ether oxygens (including phenoxy) is 1. The number of rotatable bonds is 3.